The van der Waals surface area contributed by atoms with Gasteiger partial charge in [-0.3, -0.25) is 0 Å². The Labute approximate surface area is 104 Å². The number of anilines is 1. The van der Waals surface area contributed by atoms with Crippen molar-refractivity contribution < 1.29 is 0 Å². The van der Waals surface area contributed by atoms with Gasteiger partial charge in [0.2, 0.25) is 5.95 Å². The fraction of sp³-hybridized carbons (Fsp3) is 0.154. The van der Waals surface area contributed by atoms with E-state index in [1.165, 1.54) is 5.56 Å². The molecule has 18 heavy (non-hydrogen) atoms. The average molecular weight is 239 g/mol. The van der Waals surface area contributed by atoms with Gasteiger partial charge in [-0.25, -0.2) is 15.0 Å². The van der Waals surface area contributed by atoms with Crippen LogP contribution in [0.1, 0.15) is 11.4 Å². The molecule has 2 heterocycles. The number of benzene rings is 1. The second-order valence-corrected chi connectivity index (χ2v) is 4.08. The van der Waals surface area contributed by atoms with Crippen LogP contribution in [0, 0.1) is 6.92 Å². The molecule has 0 aliphatic heterocycles. The number of H-pyrrole nitrogens is 1. The molecule has 0 amide bonds. The van der Waals surface area contributed by atoms with Gasteiger partial charge in [0.15, 0.2) is 0 Å². The molecule has 0 saturated heterocycles. The molecule has 0 aliphatic carbocycles. The Morgan fingerprint density at radius 1 is 1.17 bits per heavy atom. The Kier molecular flexibility index (Phi) is 2.64. The first-order chi connectivity index (χ1) is 8.83. The number of nitrogens with one attached hydrogen (secondary N) is 2. The first kappa shape index (κ1) is 10.7. The minimum Gasteiger partial charge on any atom is -0.347 e. The van der Waals surface area contributed by atoms with Gasteiger partial charge in [-0.15, -0.1) is 0 Å². The molecular weight excluding hydrogens is 226 g/mol. The maximum Gasteiger partial charge on any atom is 0.222 e. The van der Waals surface area contributed by atoms with Crippen LogP contribution in [-0.4, -0.2) is 19.9 Å². The highest BCUT2D eigenvalue weighted by atomic mass is 15.1. The van der Waals surface area contributed by atoms with Crippen LogP contribution in [0.2, 0.25) is 0 Å². The summed E-state index contributed by atoms with van der Waals surface area (Å²) in [5.74, 6) is 1.49. The third-order valence-electron chi connectivity index (χ3n) is 2.74. The van der Waals surface area contributed by atoms with Crippen molar-refractivity contribution in [3.05, 3.63) is 48.0 Å². The van der Waals surface area contributed by atoms with Gasteiger partial charge in [0.1, 0.15) is 5.82 Å². The van der Waals surface area contributed by atoms with Crippen molar-refractivity contribution in [1.82, 2.24) is 19.9 Å². The normalized spacial score (nSPS) is 10.7. The van der Waals surface area contributed by atoms with Crippen LogP contribution < -0.4 is 5.32 Å². The van der Waals surface area contributed by atoms with Crippen LogP contribution in [0.25, 0.3) is 11.0 Å². The van der Waals surface area contributed by atoms with E-state index in [0.29, 0.717) is 12.5 Å². The molecule has 5 heteroatoms. The van der Waals surface area contributed by atoms with Crippen LogP contribution >= 0.6 is 0 Å². The minimum atomic E-state index is 0.581. The van der Waals surface area contributed by atoms with Crippen molar-refractivity contribution in [3.63, 3.8) is 0 Å². The molecule has 0 aliphatic rings. The van der Waals surface area contributed by atoms with E-state index in [4.69, 9.17) is 0 Å². The molecule has 2 N–H and O–H groups in total. The number of aromatic amines is 1. The monoisotopic (exact) mass is 239 g/mol. The van der Waals surface area contributed by atoms with Gasteiger partial charge >= 0.3 is 0 Å². The molecule has 0 atom stereocenters. The average Bonchev–Trinajstić information content (AvgIpc) is 2.82. The zero-order chi connectivity index (χ0) is 12.4. The minimum absolute atomic E-state index is 0.581. The summed E-state index contributed by atoms with van der Waals surface area (Å²) in [6, 6.07) is 7.89. The summed E-state index contributed by atoms with van der Waals surface area (Å²) >= 11 is 0. The van der Waals surface area contributed by atoms with Crippen LogP contribution in [0.4, 0.5) is 5.95 Å². The summed E-state index contributed by atoms with van der Waals surface area (Å²) in [5.41, 5.74) is 3.25. The van der Waals surface area contributed by atoms with Gasteiger partial charge in [-0.1, -0.05) is 12.1 Å². The number of imidazole rings is 1. The quantitative estimate of drug-likeness (QED) is 0.735. The first-order valence-electron chi connectivity index (χ1n) is 5.78. The fourth-order valence-corrected chi connectivity index (χ4v) is 1.86. The highest BCUT2D eigenvalue weighted by molar-refractivity contribution is 5.78. The van der Waals surface area contributed by atoms with Crippen LogP contribution in [-0.2, 0) is 6.54 Å². The fourth-order valence-electron chi connectivity index (χ4n) is 1.86. The van der Waals surface area contributed by atoms with Gasteiger partial charge in [0, 0.05) is 12.4 Å². The van der Waals surface area contributed by atoms with Crippen LogP contribution in [0.15, 0.2) is 36.7 Å². The lowest BCUT2D eigenvalue weighted by atomic mass is 10.2. The van der Waals surface area contributed by atoms with Crippen molar-refractivity contribution in [2.24, 2.45) is 0 Å². The molecule has 0 saturated carbocycles. The van der Waals surface area contributed by atoms with E-state index in [0.717, 1.165) is 16.9 Å². The van der Waals surface area contributed by atoms with Crippen molar-refractivity contribution >= 4 is 17.0 Å². The highest BCUT2D eigenvalue weighted by Gasteiger charge is 2.04. The zero-order valence-corrected chi connectivity index (χ0v) is 10.0. The van der Waals surface area contributed by atoms with Crippen molar-refractivity contribution in [3.8, 4) is 0 Å². The summed E-state index contributed by atoms with van der Waals surface area (Å²) in [6.07, 6.45) is 3.41. The van der Waals surface area contributed by atoms with Crippen molar-refractivity contribution in [1.29, 1.82) is 0 Å². The largest absolute Gasteiger partial charge is 0.347 e. The second-order valence-electron chi connectivity index (χ2n) is 4.08. The summed E-state index contributed by atoms with van der Waals surface area (Å²) in [6.45, 7) is 2.64. The molecule has 0 radical (unpaired) electrons. The number of hydrogen-bond acceptors (Lipinski definition) is 4. The predicted octanol–water partition coefficient (Wildman–Crippen LogP) is 2.27. The Balaban J connectivity index is 1.81. The van der Waals surface area contributed by atoms with E-state index in [1.807, 2.05) is 12.1 Å². The third-order valence-corrected chi connectivity index (χ3v) is 2.74. The topological polar surface area (TPSA) is 66.5 Å². The van der Waals surface area contributed by atoms with E-state index in [-0.39, 0.29) is 0 Å². The number of aromatic nitrogens is 4. The molecule has 0 bridgehead atoms. The number of fused-ring (bicyclic) bond motifs is 1. The molecule has 90 valence electrons. The number of nitrogens with zero attached hydrogens (tertiary/aromatic N) is 3. The molecule has 5 nitrogen and oxygen atoms in total. The lowest BCUT2D eigenvalue weighted by Crippen LogP contribution is -2.04. The summed E-state index contributed by atoms with van der Waals surface area (Å²) < 4.78 is 0. The van der Waals surface area contributed by atoms with E-state index in [2.05, 4.69) is 38.2 Å². The SMILES string of the molecule is Cc1cccc2[nH]c(CNc3ncccn3)nc12. The molecule has 0 fully saturated rings. The molecule has 3 rings (SSSR count). The maximum atomic E-state index is 4.55. The number of para-hydroxylation sites is 1. The highest BCUT2D eigenvalue weighted by Crippen LogP contribution is 2.15. The van der Waals surface area contributed by atoms with Crippen molar-refractivity contribution in [2.45, 2.75) is 13.5 Å². The van der Waals surface area contributed by atoms with Crippen LogP contribution in [0.3, 0.4) is 0 Å². The molecule has 2 aromatic heterocycles. The Morgan fingerprint density at radius 2 is 2.00 bits per heavy atom. The van der Waals surface area contributed by atoms with E-state index in [9.17, 15) is 0 Å². The van der Waals surface area contributed by atoms with Crippen molar-refractivity contribution in [2.75, 3.05) is 5.32 Å². The maximum absolute atomic E-state index is 4.55. The lowest BCUT2D eigenvalue weighted by Gasteiger charge is -2.00. The standard InChI is InChI=1S/C13H13N5/c1-9-4-2-5-10-12(9)18-11(17-10)8-16-13-14-6-3-7-15-13/h2-7H,8H2,1H3,(H,17,18)(H,14,15,16). The van der Waals surface area contributed by atoms with Gasteiger partial charge in [-0.05, 0) is 24.6 Å². The van der Waals surface area contributed by atoms with Gasteiger partial charge in [0.25, 0.3) is 0 Å². The third kappa shape index (κ3) is 2.02. The number of aryl methyl sites for hydroxylation is 1. The smallest absolute Gasteiger partial charge is 0.222 e. The predicted molar refractivity (Wildman–Crippen MR) is 70.2 cm³/mol. The van der Waals surface area contributed by atoms with E-state index < -0.39 is 0 Å². The molecule has 0 spiro atoms. The molecule has 1 aromatic carbocycles. The zero-order valence-electron chi connectivity index (χ0n) is 10.0. The van der Waals surface area contributed by atoms with E-state index in [1.54, 1.807) is 18.5 Å². The number of hydrogen-bond donors (Lipinski definition) is 2. The van der Waals surface area contributed by atoms with Gasteiger partial charge in [0.05, 0.1) is 17.6 Å². The van der Waals surface area contributed by atoms with Gasteiger partial charge < -0.3 is 10.3 Å². The lowest BCUT2D eigenvalue weighted by molar-refractivity contribution is 0.975. The first-order valence-corrected chi connectivity index (χ1v) is 5.78. The Morgan fingerprint density at radius 3 is 2.78 bits per heavy atom. The summed E-state index contributed by atoms with van der Waals surface area (Å²) in [5, 5.41) is 3.13. The van der Waals surface area contributed by atoms with E-state index >= 15 is 0 Å². The second kappa shape index (κ2) is 4.44. The van der Waals surface area contributed by atoms with Crippen LogP contribution in [0.5, 0.6) is 0 Å². The molecule has 3 aromatic rings. The Bertz CT molecular complexity index is 659. The Hall–Kier alpha value is -2.43. The van der Waals surface area contributed by atoms with Gasteiger partial charge in [-0.2, -0.15) is 0 Å². The number of rotatable bonds is 3. The summed E-state index contributed by atoms with van der Waals surface area (Å²) in [7, 11) is 0. The molecule has 0 unspecified atom stereocenters. The summed E-state index contributed by atoms with van der Waals surface area (Å²) in [4.78, 5) is 16.0. The molecular formula is C13H13N5.